The van der Waals surface area contributed by atoms with Gasteiger partial charge in [0.05, 0.1) is 16.4 Å². The number of halogens is 1. The minimum Gasteiger partial charge on any atom is -0.507 e. The summed E-state index contributed by atoms with van der Waals surface area (Å²) in [4.78, 5) is 20.5. The van der Waals surface area contributed by atoms with Crippen LogP contribution in [0.25, 0.3) is 16.6 Å². The molecule has 3 aromatic rings. The molecular weight excluding hydrogens is 397 g/mol. The van der Waals surface area contributed by atoms with Gasteiger partial charge in [0.25, 0.3) is 0 Å². The van der Waals surface area contributed by atoms with E-state index in [0.717, 1.165) is 12.8 Å². The third-order valence-electron chi connectivity index (χ3n) is 5.90. The zero-order valence-corrected chi connectivity index (χ0v) is 17.1. The van der Waals surface area contributed by atoms with Crippen LogP contribution in [0.3, 0.4) is 0 Å². The SMILES string of the molecule is C[C@@H](OC(=O)C1(c2ccccc2F)CCCC1)/C(O)=C(\C#N)c1nc2ccccc2[nH]1. The summed E-state index contributed by atoms with van der Waals surface area (Å²) in [5.41, 5.74) is 0.472. The number of H-pyrrole nitrogens is 1. The van der Waals surface area contributed by atoms with Crippen molar-refractivity contribution in [1.82, 2.24) is 9.97 Å². The van der Waals surface area contributed by atoms with Crippen molar-refractivity contribution >= 4 is 22.6 Å². The van der Waals surface area contributed by atoms with E-state index in [-0.39, 0.29) is 11.4 Å². The van der Waals surface area contributed by atoms with Gasteiger partial charge in [0.1, 0.15) is 17.5 Å². The number of hydrogen-bond donors (Lipinski definition) is 2. The Morgan fingerprint density at radius 3 is 2.58 bits per heavy atom. The van der Waals surface area contributed by atoms with Crippen LogP contribution in [0.4, 0.5) is 4.39 Å². The van der Waals surface area contributed by atoms with E-state index in [1.54, 1.807) is 30.3 Å². The molecule has 1 saturated carbocycles. The summed E-state index contributed by atoms with van der Waals surface area (Å²) in [5.74, 6) is -1.27. The van der Waals surface area contributed by atoms with Crippen molar-refractivity contribution in [3.8, 4) is 6.07 Å². The fourth-order valence-corrected chi connectivity index (χ4v) is 4.25. The van der Waals surface area contributed by atoms with E-state index in [1.807, 2.05) is 18.2 Å². The van der Waals surface area contributed by atoms with Crippen LogP contribution in [-0.4, -0.2) is 27.1 Å². The van der Waals surface area contributed by atoms with Gasteiger partial charge in [-0.3, -0.25) is 4.79 Å². The number of allylic oxidation sites excluding steroid dienone is 1. The molecule has 1 atom stereocenters. The summed E-state index contributed by atoms with van der Waals surface area (Å²) in [6.07, 6.45) is 1.40. The standard InChI is InChI=1S/C24H22FN3O3/c1-15(21(29)16(14-26)22-27-19-10-4-5-11-20(19)28-22)31-23(30)24(12-6-7-13-24)17-8-2-3-9-18(17)25/h2-5,8-11,15,29H,6-7,12-13H2,1H3,(H,27,28)/b21-16-/t15-/m1/s1. The topological polar surface area (TPSA) is 99.0 Å². The van der Waals surface area contributed by atoms with Crippen LogP contribution >= 0.6 is 0 Å². The Balaban J connectivity index is 1.64. The molecule has 0 bridgehead atoms. The van der Waals surface area contributed by atoms with Gasteiger partial charge >= 0.3 is 5.97 Å². The molecule has 2 N–H and O–H groups in total. The number of fused-ring (bicyclic) bond motifs is 1. The number of aromatic nitrogens is 2. The maximum absolute atomic E-state index is 14.5. The summed E-state index contributed by atoms with van der Waals surface area (Å²) in [7, 11) is 0. The Labute approximate surface area is 179 Å². The lowest BCUT2D eigenvalue weighted by molar-refractivity contribution is -0.155. The lowest BCUT2D eigenvalue weighted by atomic mass is 9.78. The molecule has 6 nitrogen and oxygen atoms in total. The number of aliphatic hydroxyl groups is 1. The average molecular weight is 419 g/mol. The highest BCUT2D eigenvalue weighted by Crippen LogP contribution is 2.43. The Morgan fingerprint density at radius 1 is 1.23 bits per heavy atom. The fourth-order valence-electron chi connectivity index (χ4n) is 4.25. The van der Waals surface area contributed by atoms with E-state index in [4.69, 9.17) is 4.74 Å². The number of carbonyl (C=O) groups excluding carboxylic acids is 1. The average Bonchev–Trinajstić information content (AvgIpc) is 3.42. The second kappa shape index (κ2) is 8.23. The first-order valence-electron chi connectivity index (χ1n) is 10.2. The van der Waals surface area contributed by atoms with Crippen molar-refractivity contribution in [2.75, 3.05) is 0 Å². The van der Waals surface area contributed by atoms with Gasteiger partial charge in [0.2, 0.25) is 0 Å². The summed E-state index contributed by atoms with van der Waals surface area (Å²) < 4.78 is 20.1. The molecule has 0 spiro atoms. The molecule has 1 aliphatic carbocycles. The maximum atomic E-state index is 14.5. The Kier molecular flexibility index (Phi) is 5.47. The van der Waals surface area contributed by atoms with Crippen molar-refractivity contribution in [1.29, 1.82) is 5.26 Å². The zero-order valence-electron chi connectivity index (χ0n) is 17.1. The number of nitrogens with one attached hydrogen (secondary N) is 1. The number of para-hydroxylation sites is 2. The molecule has 0 saturated heterocycles. The molecule has 1 aliphatic rings. The Morgan fingerprint density at radius 2 is 1.90 bits per heavy atom. The number of rotatable bonds is 5. The number of benzene rings is 2. The zero-order chi connectivity index (χ0) is 22.0. The van der Waals surface area contributed by atoms with E-state index in [0.29, 0.717) is 29.4 Å². The summed E-state index contributed by atoms with van der Waals surface area (Å²) >= 11 is 0. The predicted octanol–water partition coefficient (Wildman–Crippen LogP) is 4.94. The van der Waals surface area contributed by atoms with Gasteiger partial charge in [-0.25, -0.2) is 9.37 Å². The van der Waals surface area contributed by atoms with Crippen molar-refractivity contribution in [2.24, 2.45) is 0 Å². The van der Waals surface area contributed by atoms with E-state index < -0.39 is 29.1 Å². The molecule has 1 aromatic heterocycles. The van der Waals surface area contributed by atoms with E-state index in [9.17, 15) is 19.6 Å². The van der Waals surface area contributed by atoms with Crippen LogP contribution in [0.5, 0.6) is 0 Å². The number of esters is 1. The fraction of sp³-hybridized carbons (Fsp3) is 0.292. The second-order valence-corrected chi connectivity index (χ2v) is 7.79. The number of nitriles is 1. The highest BCUT2D eigenvalue weighted by molar-refractivity contribution is 5.85. The number of aromatic amines is 1. The smallest absolute Gasteiger partial charge is 0.317 e. The number of aliphatic hydroxyl groups excluding tert-OH is 1. The van der Waals surface area contributed by atoms with Crippen LogP contribution in [0, 0.1) is 17.1 Å². The molecule has 1 fully saturated rings. The first-order valence-corrected chi connectivity index (χ1v) is 10.2. The maximum Gasteiger partial charge on any atom is 0.317 e. The first kappa shape index (κ1) is 20.6. The highest BCUT2D eigenvalue weighted by atomic mass is 19.1. The van der Waals surface area contributed by atoms with Gasteiger partial charge in [0.15, 0.2) is 17.7 Å². The van der Waals surface area contributed by atoms with Crippen molar-refractivity contribution in [3.63, 3.8) is 0 Å². The third-order valence-corrected chi connectivity index (χ3v) is 5.90. The van der Waals surface area contributed by atoms with Crippen LogP contribution in [0.2, 0.25) is 0 Å². The lowest BCUT2D eigenvalue weighted by Gasteiger charge is -2.29. The normalized spacial score (nSPS) is 17.1. The van der Waals surface area contributed by atoms with Crippen LogP contribution in [0.1, 0.15) is 44.0 Å². The molecule has 31 heavy (non-hydrogen) atoms. The Bertz CT molecular complexity index is 1170. The number of carbonyl (C=O) groups is 1. The molecule has 2 aromatic carbocycles. The summed E-state index contributed by atoms with van der Waals surface area (Å²) in [5, 5.41) is 20.3. The molecule has 4 rings (SSSR count). The molecule has 0 amide bonds. The molecule has 0 aliphatic heterocycles. The van der Waals surface area contributed by atoms with Gasteiger partial charge in [-0.05, 0) is 38.0 Å². The monoisotopic (exact) mass is 419 g/mol. The lowest BCUT2D eigenvalue weighted by Crippen LogP contribution is -2.38. The van der Waals surface area contributed by atoms with Crippen LogP contribution < -0.4 is 0 Å². The Hall–Kier alpha value is -3.66. The quantitative estimate of drug-likeness (QED) is 0.347. The first-order chi connectivity index (χ1) is 15.0. The highest BCUT2D eigenvalue weighted by Gasteiger charge is 2.46. The minimum absolute atomic E-state index is 0.108. The largest absolute Gasteiger partial charge is 0.507 e. The van der Waals surface area contributed by atoms with Gasteiger partial charge in [-0.15, -0.1) is 0 Å². The summed E-state index contributed by atoms with van der Waals surface area (Å²) in [6.45, 7) is 1.48. The van der Waals surface area contributed by atoms with Gasteiger partial charge < -0.3 is 14.8 Å². The number of hydrogen-bond acceptors (Lipinski definition) is 5. The van der Waals surface area contributed by atoms with Crippen molar-refractivity contribution < 1.29 is 19.0 Å². The summed E-state index contributed by atoms with van der Waals surface area (Å²) in [6, 6.07) is 15.4. The minimum atomic E-state index is -1.10. The van der Waals surface area contributed by atoms with E-state index in [1.165, 1.54) is 13.0 Å². The molecule has 1 heterocycles. The molecule has 0 unspecified atom stereocenters. The van der Waals surface area contributed by atoms with Gasteiger partial charge in [-0.2, -0.15) is 5.26 Å². The van der Waals surface area contributed by atoms with Crippen molar-refractivity contribution in [3.05, 3.63) is 71.5 Å². The van der Waals surface area contributed by atoms with Crippen LogP contribution in [-0.2, 0) is 14.9 Å². The van der Waals surface area contributed by atoms with Gasteiger partial charge in [-0.1, -0.05) is 43.2 Å². The predicted molar refractivity (Wildman–Crippen MR) is 113 cm³/mol. The number of nitrogens with zero attached hydrogens (tertiary/aromatic N) is 2. The van der Waals surface area contributed by atoms with Gasteiger partial charge in [0, 0.05) is 5.56 Å². The van der Waals surface area contributed by atoms with Crippen LogP contribution in [0.15, 0.2) is 54.3 Å². The molecule has 0 radical (unpaired) electrons. The van der Waals surface area contributed by atoms with E-state index in [2.05, 4.69) is 9.97 Å². The van der Waals surface area contributed by atoms with Crippen molar-refractivity contribution in [2.45, 2.75) is 44.1 Å². The molecule has 7 heteroatoms. The number of imidazole rings is 1. The molecular formula is C24H22FN3O3. The molecule has 158 valence electrons. The van der Waals surface area contributed by atoms with E-state index >= 15 is 0 Å². The third kappa shape index (κ3) is 3.66. The number of ether oxygens (including phenoxy) is 1. The second-order valence-electron chi connectivity index (χ2n) is 7.79.